The molecule has 1 aromatic heterocycles. The van der Waals surface area contributed by atoms with Crippen molar-refractivity contribution in [1.29, 1.82) is 0 Å². The zero-order valence-corrected chi connectivity index (χ0v) is 20.5. The second-order valence-corrected chi connectivity index (χ2v) is 9.52. The first-order chi connectivity index (χ1) is 16.9. The van der Waals surface area contributed by atoms with Crippen molar-refractivity contribution in [1.82, 2.24) is 9.80 Å². The van der Waals surface area contributed by atoms with Crippen LogP contribution >= 0.6 is 11.6 Å². The molecule has 0 radical (unpaired) electrons. The van der Waals surface area contributed by atoms with Gasteiger partial charge in [-0.05, 0) is 44.0 Å². The molecule has 0 aliphatic carbocycles. The summed E-state index contributed by atoms with van der Waals surface area (Å²) in [5.74, 6) is 0.290. The number of aliphatic imine (C=N–C) groups is 2. The molecule has 7 nitrogen and oxygen atoms in total. The van der Waals surface area contributed by atoms with Crippen LogP contribution in [0.15, 0.2) is 62.9 Å². The van der Waals surface area contributed by atoms with E-state index in [0.29, 0.717) is 42.5 Å². The molecule has 3 heterocycles. The highest BCUT2D eigenvalue weighted by molar-refractivity contribution is 6.39. The molecule has 2 unspecified atom stereocenters. The number of para-hydroxylation sites is 1. The van der Waals surface area contributed by atoms with Crippen molar-refractivity contribution in [2.75, 3.05) is 26.2 Å². The number of benzene rings is 2. The maximum atomic E-state index is 13.3. The quantitative estimate of drug-likeness (QED) is 0.532. The molecule has 2 atom stereocenters. The molecule has 2 aliphatic heterocycles. The van der Waals surface area contributed by atoms with Gasteiger partial charge in [0, 0.05) is 60.3 Å². The Morgan fingerprint density at radius 1 is 1.09 bits per heavy atom. The number of piperazine rings is 1. The number of hydrogen-bond donors (Lipinski definition) is 0. The number of aryl methyl sites for hydroxylation is 1. The Hall–Kier alpha value is -3.45. The fourth-order valence-corrected chi connectivity index (χ4v) is 4.99. The lowest BCUT2D eigenvalue weighted by Gasteiger charge is -2.39. The number of carbonyl (C=O) groups is 2. The summed E-state index contributed by atoms with van der Waals surface area (Å²) in [5.41, 5.74) is 2.61. The largest absolute Gasteiger partial charge is 0.451 e. The van der Waals surface area contributed by atoms with Crippen molar-refractivity contribution >= 4 is 46.4 Å². The summed E-state index contributed by atoms with van der Waals surface area (Å²) in [7, 11) is 0. The average molecular weight is 491 g/mol. The van der Waals surface area contributed by atoms with Gasteiger partial charge in [0.2, 0.25) is 5.84 Å². The maximum absolute atomic E-state index is 13.3. The number of halogens is 1. The van der Waals surface area contributed by atoms with E-state index in [4.69, 9.17) is 16.0 Å². The predicted octanol–water partition coefficient (Wildman–Crippen LogP) is 4.72. The van der Waals surface area contributed by atoms with E-state index in [0.717, 1.165) is 22.9 Å². The van der Waals surface area contributed by atoms with Crippen LogP contribution in [-0.2, 0) is 4.79 Å². The fraction of sp³-hybridized carbons (Fsp3) is 0.333. The standard InChI is InChI=1S/C27H27ClN4O3/c1-17-16-31(26(33)24-18(2)22-8-3-4-9-23(22)35-24)12-13-32(17)27(34)25-29-11-10-20(15-30-25)19-6-5-7-21(28)14-19/h3-9,14-15,17,20H,10-13,16H2,1-2H3. The minimum absolute atomic E-state index is 0.0571. The third-order valence-corrected chi connectivity index (χ3v) is 7.00. The fourth-order valence-electron chi connectivity index (χ4n) is 4.79. The van der Waals surface area contributed by atoms with Crippen molar-refractivity contribution in [3.05, 3.63) is 70.4 Å². The molecule has 2 amide bonds. The lowest BCUT2D eigenvalue weighted by molar-refractivity contribution is -0.128. The van der Waals surface area contributed by atoms with E-state index < -0.39 is 0 Å². The van der Waals surface area contributed by atoms with Crippen LogP contribution in [0.3, 0.4) is 0 Å². The molecular formula is C27H27ClN4O3. The van der Waals surface area contributed by atoms with Crippen LogP contribution in [0.2, 0.25) is 5.02 Å². The Labute approximate surface area is 209 Å². The highest BCUT2D eigenvalue weighted by Crippen LogP contribution is 2.27. The van der Waals surface area contributed by atoms with E-state index in [1.54, 1.807) is 16.0 Å². The van der Waals surface area contributed by atoms with Gasteiger partial charge in [-0.1, -0.05) is 41.9 Å². The van der Waals surface area contributed by atoms with Gasteiger partial charge in [0.25, 0.3) is 11.8 Å². The molecule has 1 saturated heterocycles. The van der Waals surface area contributed by atoms with Gasteiger partial charge < -0.3 is 14.2 Å². The van der Waals surface area contributed by atoms with Crippen LogP contribution < -0.4 is 0 Å². The summed E-state index contributed by atoms with van der Waals surface area (Å²) in [6, 6.07) is 15.2. The van der Waals surface area contributed by atoms with E-state index in [-0.39, 0.29) is 29.6 Å². The lowest BCUT2D eigenvalue weighted by atomic mass is 9.97. The van der Waals surface area contributed by atoms with E-state index in [1.165, 1.54) is 0 Å². The molecule has 8 heteroatoms. The van der Waals surface area contributed by atoms with Crippen molar-refractivity contribution in [2.45, 2.75) is 32.2 Å². The Balaban J connectivity index is 1.26. The molecule has 5 rings (SSSR count). The summed E-state index contributed by atoms with van der Waals surface area (Å²) in [6.07, 6.45) is 2.56. The zero-order valence-electron chi connectivity index (χ0n) is 19.8. The number of hydrogen-bond acceptors (Lipinski definition) is 5. The average Bonchev–Trinajstić information content (AvgIpc) is 3.03. The summed E-state index contributed by atoms with van der Waals surface area (Å²) < 4.78 is 5.87. The van der Waals surface area contributed by atoms with Gasteiger partial charge >= 0.3 is 0 Å². The molecule has 2 aliphatic rings. The summed E-state index contributed by atoms with van der Waals surface area (Å²) in [4.78, 5) is 38.9. The van der Waals surface area contributed by atoms with Crippen LogP contribution in [0.25, 0.3) is 11.0 Å². The lowest BCUT2D eigenvalue weighted by Crippen LogP contribution is -2.56. The summed E-state index contributed by atoms with van der Waals surface area (Å²) in [6.45, 7) is 5.62. The topological polar surface area (TPSA) is 78.5 Å². The smallest absolute Gasteiger partial charge is 0.291 e. The molecule has 0 N–H and O–H groups in total. The number of rotatable bonds is 3. The molecule has 0 bridgehead atoms. The summed E-state index contributed by atoms with van der Waals surface area (Å²) >= 11 is 6.14. The van der Waals surface area contributed by atoms with Crippen molar-refractivity contribution in [2.24, 2.45) is 9.98 Å². The first-order valence-electron chi connectivity index (χ1n) is 11.8. The van der Waals surface area contributed by atoms with Gasteiger partial charge in [0.05, 0.1) is 0 Å². The van der Waals surface area contributed by atoms with Gasteiger partial charge in [-0.25, -0.2) is 4.99 Å². The SMILES string of the molecule is Cc1c(C(=O)N2CCN(C(=O)C3=NCCC(c4cccc(Cl)c4)C=N3)C(C)C2)oc2ccccc12. The van der Waals surface area contributed by atoms with Gasteiger partial charge in [-0.15, -0.1) is 0 Å². The molecule has 0 spiro atoms. The van der Waals surface area contributed by atoms with Gasteiger partial charge in [0.15, 0.2) is 5.76 Å². The predicted molar refractivity (Wildman–Crippen MR) is 138 cm³/mol. The van der Waals surface area contributed by atoms with Crippen molar-refractivity contribution in [3.8, 4) is 0 Å². The third kappa shape index (κ3) is 4.60. The van der Waals surface area contributed by atoms with Gasteiger partial charge in [-0.3, -0.25) is 14.6 Å². The Kier molecular flexibility index (Phi) is 6.43. The summed E-state index contributed by atoms with van der Waals surface area (Å²) in [5, 5.41) is 1.62. The molecule has 0 saturated carbocycles. The van der Waals surface area contributed by atoms with Crippen LogP contribution in [0.1, 0.15) is 40.9 Å². The van der Waals surface area contributed by atoms with Crippen molar-refractivity contribution < 1.29 is 14.0 Å². The first kappa shape index (κ1) is 23.3. The number of fused-ring (bicyclic) bond motifs is 1. The number of furan rings is 1. The molecule has 2 aromatic carbocycles. The second kappa shape index (κ2) is 9.66. The van der Waals surface area contributed by atoms with Crippen molar-refractivity contribution in [3.63, 3.8) is 0 Å². The normalized spacial score (nSPS) is 20.6. The monoisotopic (exact) mass is 490 g/mol. The maximum Gasteiger partial charge on any atom is 0.291 e. The van der Waals surface area contributed by atoms with Gasteiger partial charge in [0.1, 0.15) is 5.58 Å². The van der Waals surface area contributed by atoms with E-state index in [2.05, 4.69) is 9.98 Å². The Bertz CT molecular complexity index is 1350. The van der Waals surface area contributed by atoms with E-state index in [1.807, 2.05) is 62.4 Å². The third-order valence-electron chi connectivity index (χ3n) is 6.76. The molecule has 180 valence electrons. The molecule has 3 aromatic rings. The Morgan fingerprint density at radius 3 is 2.69 bits per heavy atom. The molecule has 1 fully saturated rings. The number of amidine groups is 1. The zero-order chi connectivity index (χ0) is 24.5. The van der Waals surface area contributed by atoms with Crippen LogP contribution in [0.4, 0.5) is 0 Å². The minimum Gasteiger partial charge on any atom is -0.451 e. The van der Waals surface area contributed by atoms with Crippen LogP contribution in [0.5, 0.6) is 0 Å². The number of nitrogens with zero attached hydrogens (tertiary/aromatic N) is 4. The highest BCUT2D eigenvalue weighted by atomic mass is 35.5. The number of carbonyl (C=O) groups excluding carboxylic acids is 2. The van der Waals surface area contributed by atoms with Crippen LogP contribution in [0, 0.1) is 6.92 Å². The Morgan fingerprint density at radius 2 is 1.91 bits per heavy atom. The highest BCUT2D eigenvalue weighted by Gasteiger charge is 2.34. The molecular weight excluding hydrogens is 464 g/mol. The minimum atomic E-state index is -0.201. The molecule has 35 heavy (non-hydrogen) atoms. The van der Waals surface area contributed by atoms with E-state index >= 15 is 0 Å². The number of amides is 2. The van der Waals surface area contributed by atoms with Gasteiger partial charge in [-0.2, -0.15) is 0 Å². The van der Waals surface area contributed by atoms with E-state index in [9.17, 15) is 9.59 Å². The van der Waals surface area contributed by atoms with Crippen LogP contribution in [-0.4, -0.2) is 65.9 Å². The second-order valence-electron chi connectivity index (χ2n) is 9.08. The first-order valence-corrected chi connectivity index (χ1v) is 12.2.